The maximum Gasteiger partial charge on any atom is 0.264 e. The normalized spacial score (nSPS) is 12.0. The van der Waals surface area contributed by atoms with Gasteiger partial charge in [0.05, 0.1) is 20.6 Å². The van der Waals surface area contributed by atoms with Crippen LogP contribution >= 0.6 is 23.2 Å². The monoisotopic (exact) mass is 561 g/mol. The Morgan fingerprint density at radius 2 is 1.54 bits per heavy atom. The smallest absolute Gasteiger partial charge is 0.264 e. The van der Waals surface area contributed by atoms with E-state index in [0.717, 1.165) is 16.3 Å². The van der Waals surface area contributed by atoms with Crippen molar-refractivity contribution in [2.75, 3.05) is 17.4 Å². The Morgan fingerprint density at radius 3 is 2.14 bits per heavy atom. The van der Waals surface area contributed by atoms with Gasteiger partial charge in [0, 0.05) is 13.1 Å². The second kappa shape index (κ2) is 12.9. The second-order valence-corrected chi connectivity index (χ2v) is 11.1. The summed E-state index contributed by atoms with van der Waals surface area (Å²) < 4.78 is 28.4. The van der Waals surface area contributed by atoms with E-state index in [1.54, 1.807) is 25.1 Å². The van der Waals surface area contributed by atoms with Gasteiger partial charge in [-0.1, -0.05) is 78.7 Å². The Bertz CT molecular complexity index is 1320. The van der Waals surface area contributed by atoms with Gasteiger partial charge in [0.2, 0.25) is 11.8 Å². The maximum absolute atomic E-state index is 13.8. The molecule has 0 saturated heterocycles. The van der Waals surface area contributed by atoms with E-state index < -0.39 is 28.5 Å². The predicted octanol–water partition coefficient (Wildman–Crippen LogP) is 5.13. The van der Waals surface area contributed by atoms with Crippen LogP contribution in [0, 0.1) is 0 Å². The molecular formula is C27H29Cl2N3O4S. The molecule has 3 aromatic rings. The standard InChI is InChI=1S/C27H29Cl2N3O4S/c1-3-16-30-27(34)20(2)31(18-21-10-6-4-7-11-21)26(33)19-32(22-14-15-24(28)25(29)17-22)37(35,36)23-12-8-5-9-13-23/h4-15,17,20H,3,16,18-19H2,1-2H3,(H,30,34)/t20-/m0/s1. The molecular weight excluding hydrogens is 533 g/mol. The molecule has 7 nitrogen and oxygen atoms in total. The average Bonchev–Trinajstić information content (AvgIpc) is 2.91. The van der Waals surface area contributed by atoms with Crippen LogP contribution in [0.2, 0.25) is 10.0 Å². The summed E-state index contributed by atoms with van der Waals surface area (Å²) in [6.45, 7) is 3.60. The third-order valence-corrected chi connectivity index (χ3v) is 8.24. The van der Waals surface area contributed by atoms with Gasteiger partial charge in [0.25, 0.3) is 10.0 Å². The molecule has 0 unspecified atom stereocenters. The molecule has 0 bridgehead atoms. The molecule has 0 saturated carbocycles. The number of sulfonamides is 1. The van der Waals surface area contributed by atoms with Gasteiger partial charge < -0.3 is 10.2 Å². The Morgan fingerprint density at radius 1 is 0.919 bits per heavy atom. The fraction of sp³-hybridized carbons (Fsp3) is 0.259. The minimum atomic E-state index is -4.16. The highest BCUT2D eigenvalue weighted by Gasteiger charge is 2.32. The lowest BCUT2D eigenvalue weighted by atomic mass is 10.1. The first-order valence-corrected chi connectivity index (χ1v) is 14.0. The molecule has 2 amide bonds. The first-order valence-electron chi connectivity index (χ1n) is 11.8. The molecule has 1 atom stereocenters. The number of anilines is 1. The Hall–Kier alpha value is -3.07. The number of carbonyl (C=O) groups is 2. The van der Waals surface area contributed by atoms with Gasteiger partial charge in [-0.3, -0.25) is 13.9 Å². The number of carbonyl (C=O) groups excluding carboxylic acids is 2. The van der Waals surface area contributed by atoms with Gasteiger partial charge in [-0.15, -0.1) is 0 Å². The van der Waals surface area contributed by atoms with E-state index in [1.807, 2.05) is 37.3 Å². The van der Waals surface area contributed by atoms with E-state index in [-0.39, 0.29) is 33.1 Å². The quantitative estimate of drug-likeness (QED) is 0.351. The molecule has 196 valence electrons. The lowest BCUT2D eigenvalue weighted by molar-refractivity contribution is -0.139. The van der Waals surface area contributed by atoms with Crippen LogP contribution in [0.15, 0.2) is 83.8 Å². The topological polar surface area (TPSA) is 86.8 Å². The molecule has 0 aliphatic carbocycles. The number of hydrogen-bond donors (Lipinski definition) is 1. The van der Waals surface area contributed by atoms with Gasteiger partial charge in [0.15, 0.2) is 0 Å². The van der Waals surface area contributed by atoms with Crippen molar-refractivity contribution in [1.82, 2.24) is 10.2 Å². The van der Waals surface area contributed by atoms with Crippen molar-refractivity contribution in [1.29, 1.82) is 0 Å². The molecule has 0 radical (unpaired) electrons. The number of rotatable bonds is 11. The van der Waals surface area contributed by atoms with Gasteiger partial charge in [-0.25, -0.2) is 8.42 Å². The van der Waals surface area contributed by atoms with Crippen molar-refractivity contribution in [2.45, 2.75) is 37.8 Å². The molecule has 1 N–H and O–H groups in total. The minimum absolute atomic E-state index is 0.0113. The number of hydrogen-bond acceptors (Lipinski definition) is 4. The maximum atomic E-state index is 13.8. The highest BCUT2D eigenvalue weighted by molar-refractivity contribution is 7.92. The summed E-state index contributed by atoms with van der Waals surface area (Å²) in [6, 6.07) is 20.5. The summed E-state index contributed by atoms with van der Waals surface area (Å²) in [7, 11) is -4.16. The average molecular weight is 563 g/mol. The van der Waals surface area contributed by atoms with E-state index >= 15 is 0 Å². The summed E-state index contributed by atoms with van der Waals surface area (Å²) in [5.41, 5.74) is 0.979. The van der Waals surface area contributed by atoms with Crippen LogP contribution in [0.5, 0.6) is 0 Å². The van der Waals surface area contributed by atoms with Gasteiger partial charge >= 0.3 is 0 Å². The molecule has 0 aromatic heterocycles. The molecule has 37 heavy (non-hydrogen) atoms. The summed E-state index contributed by atoms with van der Waals surface area (Å²) in [5, 5.41) is 3.21. The first-order chi connectivity index (χ1) is 17.6. The van der Waals surface area contributed by atoms with E-state index in [0.29, 0.717) is 6.54 Å². The van der Waals surface area contributed by atoms with Gasteiger partial charge in [-0.2, -0.15) is 0 Å². The van der Waals surface area contributed by atoms with Crippen LogP contribution in [0.3, 0.4) is 0 Å². The van der Waals surface area contributed by atoms with Crippen molar-refractivity contribution in [3.05, 3.63) is 94.5 Å². The molecule has 0 fully saturated rings. The number of halogens is 2. The summed E-state index contributed by atoms with van der Waals surface area (Å²) in [4.78, 5) is 28.0. The van der Waals surface area contributed by atoms with E-state index in [4.69, 9.17) is 23.2 Å². The van der Waals surface area contributed by atoms with E-state index in [1.165, 1.54) is 35.2 Å². The van der Waals surface area contributed by atoms with E-state index in [9.17, 15) is 18.0 Å². The van der Waals surface area contributed by atoms with Crippen LogP contribution in [0.4, 0.5) is 5.69 Å². The highest BCUT2D eigenvalue weighted by atomic mass is 35.5. The molecule has 0 aliphatic rings. The van der Waals surface area contributed by atoms with Crippen molar-refractivity contribution in [3.8, 4) is 0 Å². The zero-order chi connectivity index (χ0) is 27.0. The first kappa shape index (κ1) is 28.5. The van der Waals surface area contributed by atoms with Crippen LogP contribution < -0.4 is 9.62 Å². The lowest BCUT2D eigenvalue weighted by Gasteiger charge is -2.32. The highest BCUT2D eigenvalue weighted by Crippen LogP contribution is 2.30. The Labute approximate surface area is 228 Å². The summed E-state index contributed by atoms with van der Waals surface area (Å²) >= 11 is 12.3. The largest absolute Gasteiger partial charge is 0.354 e. The second-order valence-electron chi connectivity index (χ2n) is 8.40. The molecule has 3 rings (SSSR count). The number of amides is 2. The van der Waals surface area contributed by atoms with Crippen molar-refractivity contribution in [2.24, 2.45) is 0 Å². The predicted molar refractivity (Wildman–Crippen MR) is 147 cm³/mol. The zero-order valence-corrected chi connectivity index (χ0v) is 22.9. The number of benzene rings is 3. The Balaban J connectivity index is 2.02. The molecule has 3 aromatic carbocycles. The van der Waals surface area contributed by atoms with Crippen LogP contribution in [0.1, 0.15) is 25.8 Å². The lowest BCUT2D eigenvalue weighted by Crippen LogP contribution is -2.51. The summed E-state index contributed by atoms with van der Waals surface area (Å²) in [6.07, 6.45) is 0.742. The summed E-state index contributed by atoms with van der Waals surface area (Å²) in [5.74, 6) is -0.869. The third-order valence-electron chi connectivity index (χ3n) is 5.71. The Kier molecular flexibility index (Phi) is 9.97. The molecule has 0 heterocycles. The molecule has 0 aliphatic heterocycles. The fourth-order valence-corrected chi connectivity index (χ4v) is 5.37. The fourth-order valence-electron chi connectivity index (χ4n) is 3.65. The van der Waals surface area contributed by atoms with Gasteiger partial charge in [0.1, 0.15) is 12.6 Å². The van der Waals surface area contributed by atoms with Crippen molar-refractivity contribution in [3.63, 3.8) is 0 Å². The molecule has 10 heteroatoms. The van der Waals surface area contributed by atoms with Gasteiger partial charge in [-0.05, 0) is 49.2 Å². The molecule has 0 spiro atoms. The van der Waals surface area contributed by atoms with Crippen LogP contribution in [-0.4, -0.2) is 44.3 Å². The number of nitrogens with one attached hydrogen (secondary N) is 1. The minimum Gasteiger partial charge on any atom is -0.354 e. The zero-order valence-electron chi connectivity index (χ0n) is 20.6. The van der Waals surface area contributed by atoms with Crippen molar-refractivity contribution < 1.29 is 18.0 Å². The number of nitrogens with zero attached hydrogens (tertiary/aromatic N) is 2. The third kappa shape index (κ3) is 7.25. The van der Waals surface area contributed by atoms with Crippen molar-refractivity contribution >= 4 is 50.7 Å². The van der Waals surface area contributed by atoms with Crippen LogP contribution in [0.25, 0.3) is 0 Å². The van der Waals surface area contributed by atoms with E-state index in [2.05, 4.69) is 5.32 Å². The van der Waals surface area contributed by atoms with Crippen LogP contribution in [-0.2, 0) is 26.2 Å². The SMILES string of the molecule is CCCNC(=O)[C@H](C)N(Cc1ccccc1)C(=O)CN(c1ccc(Cl)c(Cl)c1)S(=O)(=O)c1ccccc1.